The molecule has 0 atom stereocenters. The van der Waals surface area contributed by atoms with E-state index in [1.54, 1.807) is 25.4 Å². The average molecular weight is 232 g/mol. The summed E-state index contributed by atoms with van der Waals surface area (Å²) >= 11 is 0. The molecular formula is C11H12N4O2. The second kappa shape index (κ2) is 4.65. The Hall–Kier alpha value is -2.37. The number of nitrogens with zero attached hydrogens (tertiary/aromatic N) is 2. The quantitative estimate of drug-likeness (QED) is 0.625. The number of rotatable bonds is 4. The van der Waals surface area contributed by atoms with Crippen molar-refractivity contribution in [2.45, 2.75) is 13.5 Å². The van der Waals surface area contributed by atoms with E-state index in [4.69, 9.17) is 0 Å². The molecule has 0 amide bonds. The predicted octanol–water partition coefficient (Wildman–Crippen LogP) is 2.24. The average Bonchev–Trinajstić information content (AvgIpc) is 2.80. The number of anilines is 1. The van der Waals surface area contributed by atoms with Crippen LogP contribution >= 0.6 is 0 Å². The van der Waals surface area contributed by atoms with Gasteiger partial charge in [-0.3, -0.25) is 15.2 Å². The lowest BCUT2D eigenvalue weighted by molar-refractivity contribution is -0.385. The Morgan fingerprint density at radius 3 is 3.00 bits per heavy atom. The van der Waals surface area contributed by atoms with Gasteiger partial charge in [0, 0.05) is 35.6 Å². The highest BCUT2D eigenvalue weighted by Crippen LogP contribution is 2.25. The highest BCUT2D eigenvalue weighted by atomic mass is 16.6. The Bertz CT molecular complexity index is 522. The van der Waals surface area contributed by atoms with Crippen molar-refractivity contribution in [3.8, 4) is 0 Å². The summed E-state index contributed by atoms with van der Waals surface area (Å²) in [5.74, 6) is 0. The van der Waals surface area contributed by atoms with E-state index in [0.717, 1.165) is 11.3 Å². The molecule has 0 saturated carbocycles. The second-order valence-electron chi connectivity index (χ2n) is 3.67. The first-order chi connectivity index (χ1) is 8.18. The van der Waals surface area contributed by atoms with Crippen molar-refractivity contribution in [1.29, 1.82) is 0 Å². The van der Waals surface area contributed by atoms with E-state index < -0.39 is 0 Å². The number of aromatic nitrogens is 2. The van der Waals surface area contributed by atoms with Crippen molar-refractivity contribution in [2.24, 2.45) is 0 Å². The van der Waals surface area contributed by atoms with Crippen LogP contribution in [0.2, 0.25) is 0 Å². The molecule has 1 heterocycles. The first kappa shape index (κ1) is 11.1. The monoisotopic (exact) mass is 232 g/mol. The number of nitrogens with one attached hydrogen (secondary N) is 2. The Morgan fingerprint density at radius 2 is 2.35 bits per heavy atom. The Morgan fingerprint density at radius 1 is 1.53 bits per heavy atom. The molecule has 2 rings (SSSR count). The maximum absolute atomic E-state index is 10.8. The van der Waals surface area contributed by atoms with Crippen molar-refractivity contribution in [3.63, 3.8) is 0 Å². The highest BCUT2D eigenvalue weighted by molar-refractivity contribution is 5.59. The number of nitro groups is 1. The Balaban J connectivity index is 2.16. The van der Waals surface area contributed by atoms with E-state index in [1.165, 1.54) is 6.07 Å². The summed E-state index contributed by atoms with van der Waals surface area (Å²) in [5, 5.41) is 20.5. The zero-order valence-electron chi connectivity index (χ0n) is 9.30. The standard InChI is InChI=1S/C11H12N4O2/c1-8-10(3-2-4-11(8)15(16)17)12-5-9-6-13-14-7-9/h2-4,6-7,12H,5H2,1H3,(H,13,14). The van der Waals surface area contributed by atoms with Gasteiger partial charge in [0.05, 0.1) is 11.1 Å². The number of benzene rings is 1. The van der Waals surface area contributed by atoms with E-state index in [1.807, 2.05) is 6.07 Å². The fraction of sp³-hybridized carbons (Fsp3) is 0.182. The number of nitro benzene ring substituents is 1. The third-order valence-corrected chi connectivity index (χ3v) is 2.54. The van der Waals surface area contributed by atoms with Crippen LogP contribution < -0.4 is 5.32 Å². The minimum Gasteiger partial charge on any atom is -0.380 e. The molecular weight excluding hydrogens is 220 g/mol. The molecule has 6 heteroatoms. The van der Waals surface area contributed by atoms with Crippen LogP contribution in [-0.2, 0) is 6.54 Å². The molecule has 17 heavy (non-hydrogen) atoms. The molecule has 2 aromatic rings. The van der Waals surface area contributed by atoms with Gasteiger partial charge >= 0.3 is 0 Å². The van der Waals surface area contributed by atoms with E-state index >= 15 is 0 Å². The van der Waals surface area contributed by atoms with Crippen LogP contribution in [0, 0.1) is 17.0 Å². The van der Waals surface area contributed by atoms with Crippen LogP contribution in [0.25, 0.3) is 0 Å². The minimum absolute atomic E-state index is 0.127. The summed E-state index contributed by atoms with van der Waals surface area (Å²) in [7, 11) is 0. The topological polar surface area (TPSA) is 83.8 Å². The van der Waals surface area contributed by atoms with Crippen LogP contribution in [0.5, 0.6) is 0 Å². The van der Waals surface area contributed by atoms with Crippen molar-refractivity contribution in [2.75, 3.05) is 5.32 Å². The molecule has 88 valence electrons. The Labute approximate surface area is 97.8 Å². The van der Waals surface area contributed by atoms with Gasteiger partial charge in [0.25, 0.3) is 5.69 Å². The first-order valence-corrected chi connectivity index (χ1v) is 5.14. The molecule has 2 N–H and O–H groups in total. The smallest absolute Gasteiger partial charge is 0.274 e. The molecule has 0 aliphatic carbocycles. The molecule has 0 fully saturated rings. The second-order valence-corrected chi connectivity index (χ2v) is 3.67. The van der Waals surface area contributed by atoms with Crippen molar-refractivity contribution >= 4 is 11.4 Å². The zero-order chi connectivity index (χ0) is 12.3. The van der Waals surface area contributed by atoms with Gasteiger partial charge in [-0.1, -0.05) is 6.07 Å². The molecule has 0 saturated heterocycles. The number of hydrogen-bond acceptors (Lipinski definition) is 4. The van der Waals surface area contributed by atoms with Crippen LogP contribution in [0.15, 0.2) is 30.6 Å². The van der Waals surface area contributed by atoms with E-state index in [9.17, 15) is 10.1 Å². The van der Waals surface area contributed by atoms with Crippen LogP contribution in [0.3, 0.4) is 0 Å². The minimum atomic E-state index is -0.377. The van der Waals surface area contributed by atoms with Gasteiger partial charge < -0.3 is 5.32 Å². The fourth-order valence-electron chi connectivity index (χ4n) is 1.58. The van der Waals surface area contributed by atoms with Gasteiger partial charge in [-0.2, -0.15) is 5.10 Å². The van der Waals surface area contributed by atoms with Crippen molar-refractivity contribution < 1.29 is 4.92 Å². The SMILES string of the molecule is Cc1c(NCc2cn[nH]c2)cccc1[N+](=O)[O-]. The third-order valence-electron chi connectivity index (χ3n) is 2.54. The molecule has 0 spiro atoms. The molecule has 0 radical (unpaired) electrons. The summed E-state index contributed by atoms with van der Waals surface area (Å²) in [4.78, 5) is 10.4. The van der Waals surface area contributed by atoms with Gasteiger partial charge in [-0.05, 0) is 13.0 Å². The van der Waals surface area contributed by atoms with Gasteiger partial charge in [0.2, 0.25) is 0 Å². The number of H-pyrrole nitrogens is 1. The normalized spacial score (nSPS) is 10.2. The molecule has 0 aliphatic heterocycles. The largest absolute Gasteiger partial charge is 0.380 e. The fourth-order valence-corrected chi connectivity index (χ4v) is 1.58. The lowest BCUT2D eigenvalue weighted by atomic mass is 10.1. The molecule has 0 unspecified atom stereocenters. The molecule has 1 aromatic heterocycles. The van der Waals surface area contributed by atoms with Crippen molar-refractivity contribution in [1.82, 2.24) is 10.2 Å². The summed E-state index contributed by atoms with van der Waals surface area (Å²) in [6.45, 7) is 2.31. The predicted molar refractivity (Wildman–Crippen MR) is 63.7 cm³/mol. The Kier molecular flexibility index (Phi) is 3.04. The maximum atomic E-state index is 10.8. The molecule has 6 nitrogen and oxygen atoms in total. The zero-order valence-corrected chi connectivity index (χ0v) is 9.30. The third kappa shape index (κ3) is 2.41. The lowest BCUT2D eigenvalue weighted by Gasteiger charge is -2.08. The van der Waals surface area contributed by atoms with Gasteiger partial charge in [0.1, 0.15) is 0 Å². The van der Waals surface area contributed by atoms with Crippen LogP contribution in [0.4, 0.5) is 11.4 Å². The van der Waals surface area contributed by atoms with Gasteiger partial charge in [0.15, 0.2) is 0 Å². The van der Waals surface area contributed by atoms with Crippen molar-refractivity contribution in [3.05, 3.63) is 51.8 Å². The van der Waals surface area contributed by atoms with Crippen LogP contribution in [0.1, 0.15) is 11.1 Å². The van der Waals surface area contributed by atoms with Gasteiger partial charge in [-0.15, -0.1) is 0 Å². The van der Waals surface area contributed by atoms with Crippen LogP contribution in [-0.4, -0.2) is 15.1 Å². The highest BCUT2D eigenvalue weighted by Gasteiger charge is 2.12. The summed E-state index contributed by atoms with van der Waals surface area (Å²) in [6.07, 6.45) is 3.49. The van der Waals surface area contributed by atoms with E-state index in [-0.39, 0.29) is 10.6 Å². The molecule has 1 aromatic carbocycles. The molecule has 0 bridgehead atoms. The van der Waals surface area contributed by atoms with E-state index in [2.05, 4.69) is 15.5 Å². The summed E-state index contributed by atoms with van der Waals surface area (Å²) < 4.78 is 0. The number of hydrogen-bond donors (Lipinski definition) is 2. The number of aromatic amines is 1. The lowest BCUT2D eigenvalue weighted by Crippen LogP contribution is -2.02. The first-order valence-electron chi connectivity index (χ1n) is 5.14. The summed E-state index contributed by atoms with van der Waals surface area (Å²) in [5.41, 5.74) is 2.53. The van der Waals surface area contributed by atoms with Gasteiger partial charge in [-0.25, -0.2) is 0 Å². The maximum Gasteiger partial charge on any atom is 0.274 e. The molecule has 0 aliphatic rings. The van der Waals surface area contributed by atoms with E-state index in [0.29, 0.717) is 12.1 Å². The summed E-state index contributed by atoms with van der Waals surface area (Å²) in [6, 6.07) is 4.99.